The van der Waals surface area contributed by atoms with Gasteiger partial charge < -0.3 is 19.3 Å². The number of anilines is 1. The zero-order valence-corrected chi connectivity index (χ0v) is 14.9. The summed E-state index contributed by atoms with van der Waals surface area (Å²) < 4.78 is 23.8. The van der Waals surface area contributed by atoms with Crippen molar-refractivity contribution in [1.82, 2.24) is 14.9 Å². The molecule has 0 N–H and O–H groups in total. The first-order valence-electron chi connectivity index (χ1n) is 8.18. The Labute approximate surface area is 155 Å². The lowest BCUT2D eigenvalue weighted by Gasteiger charge is -2.34. The SMILES string of the molecule is CCOC(=O)N1CCN(c2cc(Oc3ccc(F)cc3Cl)ncn2)CC1. The van der Waals surface area contributed by atoms with E-state index in [4.69, 9.17) is 21.1 Å². The van der Waals surface area contributed by atoms with Gasteiger partial charge in [0.05, 0.1) is 11.6 Å². The molecule has 1 amide bonds. The first-order valence-corrected chi connectivity index (χ1v) is 8.56. The van der Waals surface area contributed by atoms with Gasteiger partial charge in [-0.05, 0) is 25.1 Å². The van der Waals surface area contributed by atoms with Crippen LogP contribution in [0, 0.1) is 5.82 Å². The number of amides is 1. The molecule has 9 heteroatoms. The maximum Gasteiger partial charge on any atom is 0.409 e. The molecule has 1 saturated heterocycles. The van der Waals surface area contributed by atoms with Gasteiger partial charge in [-0.3, -0.25) is 0 Å². The lowest BCUT2D eigenvalue weighted by Crippen LogP contribution is -2.49. The van der Waals surface area contributed by atoms with Crippen LogP contribution in [0.2, 0.25) is 5.02 Å². The minimum Gasteiger partial charge on any atom is -0.450 e. The van der Waals surface area contributed by atoms with E-state index in [-0.39, 0.29) is 11.1 Å². The Morgan fingerprint density at radius 2 is 2.00 bits per heavy atom. The number of aromatic nitrogens is 2. The Morgan fingerprint density at radius 3 is 2.69 bits per heavy atom. The second-order valence-electron chi connectivity index (χ2n) is 5.56. The van der Waals surface area contributed by atoms with Gasteiger partial charge >= 0.3 is 6.09 Å². The highest BCUT2D eigenvalue weighted by molar-refractivity contribution is 6.32. The Kier molecular flexibility index (Phi) is 5.72. The molecule has 2 heterocycles. The van der Waals surface area contributed by atoms with Crippen molar-refractivity contribution in [1.29, 1.82) is 0 Å². The van der Waals surface area contributed by atoms with E-state index in [1.54, 1.807) is 17.9 Å². The molecule has 3 rings (SSSR count). The Bertz CT molecular complexity index is 784. The van der Waals surface area contributed by atoms with Gasteiger partial charge in [0.2, 0.25) is 5.88 Å². The van der Waals surface area contributed by atoms with Gasteiger partial charge in [0, 0.05) is 32.2 Å². The summed E-state index contributed by atoms with van der Waals surface area (Å²) in [5, 5.41) is 0.160. The van der Waals surface area contributed by atoms with Crippen molar-refractivity contribution in [3.63, 3.8) is 0 Å². The average molecular weight is 381 g/mol. The van der Waals surface area contributed by atoms with E-state index < -0.39 is 5.82 Å². The lowest BCUT2D eigenvalue weighted by molar-refractivity contribution is 0.105. The Balaban J connectivity index is 1.65. The lowest BCUT2D eigenvalue weighted by atomic mass is 10.3. The highest BCUT2D eigenvalue weighted by Gasteiger charge is 2.23. The van der Waals surface area contributed by atoms with E-state index in [1.807, 2.05) is 4.90 Å². The van der Waals surface area contributed by atoms with Crippen molar-refractivity contribution in [3.8, 4) is 11.6 Å². The highest BCUT2D eigenvalue weighted by atomic mass is 35.5. The van der Waals surface area contributed by atoms with Gasteiger partial charge in [-0.25, -0.2) is 19.2 Å². The molecular weight excluding hydrogens is 363 g/mol. The van der Waals surface area contributed by atoms with E-state index in [9.17, 15) is 9.18 Å². The van der Waals surface area contributed by atoms with E-state index >= 15 is 0 Å². The minimum atomic E-state index is -0.440. The average Bonchev–Trinajstić information content (AvgIpc) is 2.65. The largest absolute Gasteiger partial charge is 0.450 e. The molecule has 0 unspecified atom stereocenters. The van der Waals surface area contributed by atoms with Crippen LogP contribution in [-0.2, 0) is 4.74 Å². The predicted octanol–water partition coefficient (Wildman–Crippen LogP) is 3.34. The molecule has 0 atom stereocenters. The Hall–Kier alpha value is -2.61. The van der Waals surface area contributed by atoms with Gasteiger partial charge in [-0.1, -0.05) is 11.6 Å². The summed E-state index contributed by atoms with van der Waals surface area (Å²) in [5.74, 6) is 0.850. The van der Waals surface area contributed by atoms with Crippen molar-refractivity contribution in [2.45, 2.75) is 6.92 Å². The second kappa shape index (κ2) is 8.18. The summed E-state index contributed by atoms with van der Waals surface area (Å²) >= 11 is 5.97. The molecule has 0 saturated carbocycles. The molecule has 1 aromatic carbocycles. The number of hydrogen-bond donors (Lipinski definition) is 0. The zero-order chi connectivity index (χ0) is 18.5. The van der Waals surface area contributed by atoms with Crippen LogP contribution in [0.3, 0.4) is 0 Å². The molecule has 26 heavy (non-hydrogen) atoms. The summed E-state index contributed by atoms with van der Waals surface area (Å²) in [4.78, 5) is 23.8. The van der Waals surface area contributed by atoms with Gasteiger partial charge in [0.15, 0.2) is 0 Å². The third kappa shape index (κ3) is 4.32. The van der Waals surface area contributed by atoms with E-state index in [0.717, 1.165) is 0 Å². The number of halogens is 2. The first-order chi connectivity index (χ1) is 12.6. The monoisotopic (exact) mass is 380 g/mol. The van der Waals surface area contributed by atoms with Crippen LogP contribution in [0.25, 0.3) is 0 Å². The fourth-order valence-corrected chi connectivity index (χ4v) is 2.77. The number of rotatable bonds is 4. The number of piperazine rings is 1. The molecule has 0 radical (unpaired) electrons. The smallest absolute Gasteiger partial charge is 0.409 e. The van der Waals surface area contributed by atoms with Crippen LogP contribution in [0.5, 0.6) is 11.6 Å². The van der Waals surface area contributed by atoms with Crippen LogP contribution < -0.4 is 9.64 Å². The van der Waals surface area contributed by atoms with Crippen molar-refractivity contribution in [3.05, 3.63) is 41.4 Å². The summed E-state index contributed by atoms with van der Waals surface area (Å²) in [6.45, 7) is 4.46. The quantitative estimate of drug-likeness (QED) is 0.810. The molecule has 7 nitrogen and oxygen atoms in total. The van der Waals surface area contributed by atoms with Crippen LogP contribution in [0.4, 0.5) is 15.0 Å². The van der Waals surface area contributed by atoms with Crippen molar-refractivity contribution >= 4 is 23.5 Å². The molecule has 0 aliphatic carbocycles. The number of benzene rings is 1. The van der Waals surface area contributed by atoms with Crippen LogP contribution in [-0.4, -0.2) is 53.7 Å². The summed E-state index contributed by atoms with van der Waals surface area (Å²) in [6, 6.07) is 5.56. The molecule has 1 fully saturated rings. The highest BCUT2D eigenvalue weighted by Crippen LogP contribution is 2.30. The zero-order valence-electron chi connectivity index (χ0n) is 14.2. The fourth-order valence-electron chi connectivity index (χ4n) is 2.56. The number of ether oxygens (including phenoxy) is 2. The third-order valence-corrected chi connectivity index (χ3v) is 4.16. The van der Waals surface area contributed by atoms with Crippen LogP contribution in [0.1, 0.15) is 6.92 Å². The van der Waals surface area contributed by atoms with E-state index in [0.29, 0.717) is 50.2 Å². The van der Waals surface area contributed by atoms with Crippen LogP contribution >= 0.6 is 11.6 Å². The first kappa shape index (κ1) is 18.2. The van der Waals surface area contributed by atoms with Crippen LogP contribution in [0.15, 0.2) is 30.6 Å². The van der Waals surface area contributed by atoms with E-state index in [1.165, 1.54) is 24.5 Å². The second-order valence-corrected chi connectivity index (χ2v) is 5.97. The molecule has 2 aromatic rings. The van der Waals surface area contributed by atoms with Gasteiger partial charge in [-0.15, -0.1) is 0 Å². The predicted molar refractivity (Wildman–Crippen MR) is 94.3 cm³/mol. The summed E-state index contributed by atoms with van der Waals surface area (Å²) in [7, 11) is 0. The van der Waals surface area contributed by atoms with Crippen molar-refractivity contribution in [2.75, 3.05) is 37.7 Å². The van der Waals surface area contributed by atoms with Crippen molar-refractivity contribution < 1.29 is 18.7 Å². The van der Waals surface area contributed by atoms with Crippen molar-refractivity contribution in [2.24, 2.45) is 0 Å². The number of nitrogens with zero attached hydrogens (tertiary/aromatic N) is 4. The standard InChI is InChI=1S/C17H18ClFN4O3/c1-2-25-17(24)23-7-5-22(6-8-23)15-10-16(21-11-20-15)26-14-4-3-12(19)9-13(14)18/h3-4,9-11H,2,5-8H2,1H3. The maximum atomic E-state index is 13.1. The van der Waals surface area contributed by atoms with Gasteiger partial charge in [0.1, 0.15) is 23.7 Å². The molecular formula is C17H18ClFN4O3. The normalized spacial score (nSPS) is 14.3. The summed E-state index contributed by atoms with van der Waals surface area (Å²) in [6.07, 6.45) is 1.09. The molecule has 0 spiro atoms. The molecule has 0 bridgehead atoms. The maximum absolute atomic E-state index is 13.1. The molecule has 1 aliphatic rings. The van der Waals surface area contributed by atoms with Gasteiger partial charge in [-0.2, -0.15) is 0 Å². The minimum absolute atomic E-state index is 0.160. The third-order valence-electron chi connectivity index (χ3n) is 3.87. The van der Waals surface area contributed by atoms with E-state index in [2.05, 4.69) is 9.97 Å². The fraction of sp³-hybridized carbons (Fsp3) is 0.353. The van der Waals surface area contributed by atoms with Gasteiger partial charge in [0.25, 0.3) is 0 Å². The number of carbonyl (C=O) groups excluding carboxylic acids is 1. The topological polar surface area (TPSA) is 67.8 Å². The molecule has 1 aromatic heterocycles. The Morgan fingerprint density at radius 1 is 1.23 bits per heavy atom. The molecule has 138 valence electrons. The molecule has 1 aliphatic heterocycles. The number of carbonyl (C=O) groups is 1. The number of hydrogen-bond acceptors (Lipinski definition) is 6. The summed E-state index contributed by atoms with van der Waals surface area (Å²) in [5.41, 5.74) is 0.